The molecule has 0 fully saturated rings. The summed E-state index contributed by atoms with van der Waals surface area (Å²) in [6.45, 7) is 9.44. The van der Waals surface area contributed by atoms with Crippen LogP contribution in [0.3, 0.4) is 0 Å². The van der Waals surface area contributed by atoms with Crippen LogP contribution < -0.4 is 10.6 Å². The number of hydrogen-bond donors (Lipinski definition) is 1. The molecule has 0 amide bonds. The molecule has 1 N–H and O–H groups in total. The molecule has 6 nitrogen and oxygen atoms in total. The monoisotopic (exact) mass is 454 g/mol. The highest BCUT2D eigenvalue weighted by atomic mass is 32.1. The van der Waals surface area contributed by atoms with E-state index in [0.29, 0.717) is 13.1 Å². The van der Waals surface area contributed by atoms with Gasteiger partial charge in [-0.05, 0) is 53.3 Å². The quantitative estimate of drug-likeness (QED) is 0.650. The molecule has 0 saturated heterocycles. The number of hydrogen-bond acceptors (Lipinski definition) is 6. The van der Waals surface area contributed by atoms with Crippen molar-refractivity contribution in [2.75, 3.05) is 18.0 Å². The first-order valence-corrected chi connectivity index (χ1v) is 11.4. The highest BCUT2D eigenvalue weighted by molar-refractivity contribution is 7.12. The van der Waals surface area contributed by atoms with E-state index in [9.17, 15) is 14.3 Å². The number of benzene rings is 1. The lowest BCUT2D eigenvalue weighted by Crippen LogP contribution is -2.40. The Morgan fingerprint density at radius 1 is 1.25 bits per heavy atom. The molecule has 3 heterocycles. The van der Waals surface area contributed by atoms with E-state index >= 15 is 0 Å². The van der Waals surface area contributed by atoms with Gasteiger partial charge in [-0.2, -0.15) is 4.98 Å². The second kappa shape index (κ2) is 8.60. The van der Waals surface area contributed by atoms with E-state index in [4.69, 9.17) is 0 Å². The number of thiophene rings is 1. The topological polar surface area (TPSA) is 71.2 Å². The van der Waals surface area contributed by atoms with Gasteiger partial charge in [0.05, 0.1) is 19.2 Å². The zero-order chi connectivity index (χ0) is 23.0. The Labute approximate surface area is 190 Å². The lowest BCUT2D eigenvalue weighted by molar-refractivity contribution is 0.233. The van der Waals surface area contributed by atoms with Crippen molar-refractivity contribution in [2.45, 2.75) is 45.8 Å². The van der Waals surface area contributed by atoms with Crippen molar-refractivity contribution >= 4 is 22.9 Å². The fraction of sp³-hybridized carbons (Fsp3) is 0.375. The van der Waals surface area contributed by atoms with Crippen LogP contribution in [0.5, 0.6) is 0 Å². The van der Waals surface area contributed by atoms with Crippen molar-refractivity contribution < 1.29 is 9.50 Å². The number of halogens is 1. The number of β-amino-alcohol motifs (C(OH)–C–C–N with tert-alkyl or cyclic N) is 1. The van der Waals surface area contributed by atoms with Crippen molar-refractivity contribution in [1.29, 1.82) is 0 Å². The third-order valence-corrected chi connectivity index (χ3v) is 7.04. The molecule has 1 aliphatic heterocycles. The highest BCUT2D eigenvalue weighted by Gasteiger charge is 2.25. The summed E-state index contributed by atoms with van der Waals surface area (Å²) in [5.74, 6) is -0.0112. The first-order chi connectivity index (χ1) is 15.1. The third-order valence-electron chi connectivity index (χ3n) is 5.55. The first-order valence-electron chi connectivity index (χ1n) is 10.5. The lowest BCUT2D eigenvalue weighted by Gasteiger charge is -2.30. The van der Waals surface area contributed by atoms with E-state index in [2.05, 4.69) is 36.8 Å². The van der Waals surface area contributed by atoms with Crippen molar-refractivity contribution in [3.63, 3.8) is 0 Å². The second-order valence-corrected chi connectivity index (χ2v) is 10.3. The molecule has 1 aromatic carbocycles. The van der Waals surface area contributed by atoms with Gasteiger partial charge in [-0.1, -0.05) is 32.9 Å². The van der Waals surface area contributed by atoms with E-state index < -0.39 is 6.10 Å². The number of aryl methyl sites for hydroxylation is 1. The van der Waals surface area contributed by atoms with Crippen LogP contribution in [-0.4, -0.2) is 38.8 Å². The molecule has 1 atom stereocenters. The Balaban J connectivity index is 1.50. The van der Waals surface area contributed by atoms with Crippen LogP contribution in [-0.2, 0) is 12.0 Å². The average Bonchev–Trinajstić information content (AvgIpc) is 3.19. The first kappa shape index (κ1) is 22.4. The molecule has 8 heteroatoms. The van der Waals surface area contributed by atoms with Crippen molar-refractivity contribution in [2.24, 2.45) is 0 Å². The minimum atomic E-state index is -0.791. The minimum absolute atomic E-state index is 0.0716. The fourth-order valence-electron chi connectivity index (χ4n) is 3.77. The van der Waals surface area contributed by atoms with Gasteiger partial charge in [0.25, 0.3) is 0 Å². The Morgan fingerprint density at radius 2 is 2.03 bits per heavy atom. The summed E-state index contributed by atoms with van der Waals surface area (Å²) in [5.41, 5.74) is 2.03. The minimum Gasteiger partial charge on any atom is -0.387 e. The van der Waals surface area contributed by atoms with Gasteiger partial charge in [0.15, 0.2) is 0 Å². The SMILES string of the molecule is Cc1cc(F)ccc1C1=CCN(c2ncn(Cc3ccc(C(C)(C)C)s3)c(=O)n2)CC1O. The van der Waals surface area contributed by atoms with Gasteiger partial charge < -0.3 is 10.0 Å². The second-order valence-electron chi connectivity index (χ2n) is 9.12. The van der Waals surface area contributed by atoms with Crippen LogP contribution in [0.15, 0.2) is 47.5 Å². The number of aliphatic hydroxyl groups is 1. The summed E-state index contributed by atoms with van der Waals surface area (Å²) >= 11 is 1.69. The maximum absolute atomic E-state index is 13.4. The number of aromatic nitrogens is 3. The largest absolute Gasteiger partial charge is 0.387 e. The predicted octanol–water partition coefficient (Wildman–Crippen LogP) is 3.76. The van der Waals surface area contributed by atoms with E-state index in [-0.39, 0.29) is 29.4 Å². The molecule has 1 unspecified atom stereocenters. The summed E-state index contributed by atoms with van der Waals surface area (Å²) in [5, 5.41) is 10.7. The lowest BCUT2D eigenvalue weighted by atomic mass is 9.93. The maximum Gasteiger partial charge on any atom is 0.352 e. The number of aliphatic hydroxyl groups excluding tert-OH is 1. The molecule has 0 bridgehead atoms. The third kappa shape index (κ3) is 4.66. The molecule has 0 saturated carbocycles. The summed E-state index contributed by atoms with van der Waals surface area (Å²) < 4.78 is 14.9. The standard InChI is InChI=1S/C24H27FN4O2S/c1-15-11-16(25)5-7-18(15)19-9-10-28(13-20(19)30)22-26-14-29(23(31)27-22)12-17-6-8-21(32-17)24(2,3)4/h5-9,11,14,20,30H,10,12-13H2,1-4H3. The molecule has 2 aromatic heterocycles. The van der Waals surface area contributed by atoms with Crippen LogP contribution in [0, 0.1) is 12.7 Å². The van der Waals surface area contributed by atoms with Crippen molar-refractivity contribution in [3.05, 3.63) is 79.9 Å². The number of anilines is 1. The van der Waals surface area contributed by atoms with Gasteiger partial charge in [0.2, 0.25) is 5.95 Å². The van der Waals surface area contributed by atoms with Gasteiger partial charge in [-0.25, -0.2) is 14.2 Å². The maximum atomic E-state index is 13.4. The van der Waals surface area contributed by atoms with Crippen LogP contribution in [0.4, 0.5) is 10.3 Å². The molecule has 0 aliphatic carbocycles. The Bertz CT molecular complexity index is 1230. The Hall–Kier alpha value is -2.84. The molecule has 1 aliphatic rings. The number of nitrogens with zero attached hydrogens (tertiary/aromatic N) is 4. The molecule has 168 valence electrons. The molecule has 32 heavy (non-hydrogen) atoms. The summed E-state index contributed by atoms with van der Waals surface area (Å²) in [6.07, 6.45) is 2.60. The van der Waals surface area contributed by atoms with Gasteiger partial charge >= 0.3 is 5.69 Å². The van der Waals surface area contributed by atoms with Crippen LogP contribution in [0.1, 0.15) is 41.7 Å². The van der Waals surface area contributed by atoms with E-state index in [0.717, 1.165) is 21.6 Å². The normalized spacial score (nSPS) is 16.9. The van der Waals surface area contributed by atoms with Crippen molar-refractivity contribution in [3.8, 4) is 0 Å². The van der Waals surface area contributed by atoms with E-state index in [1.807, 2.05) is 19.1 Å². The summed E-state index contributed by atoms with van der Waals surface area (Å²) in [7, 11) is 0. The van der Waals surface area contributed by atoms with E-state index in [1.54, 1.807) is 22.3 Å². The zero-order valence-electron chi connectivity index (χ0n) is 18.7. The van der Waals surface area contributed by atoms with Gasteiger partial charge in [0, 0.05) is 16.3 Å². The van der Waals surface area contributed by atoms with Crippen LogP contribution in [0.25, 0.3) is 5.57 Å². The molecule has 3 aromatic rings. The van der Waals surface area contributed by atoms with Crippen LogP contribution >= 0.6 is 11.3 Å². The summed E-state index contributed by atoms with van der Waals surface area (Å²) in [6, 6.07) is 8.67. The van der Waals surface area contributed by atoms with Gasteiger partial charge in [0.1, 0.15) is 12.1 Å². The number of rotatable bonds is 4. The average molecular weight is 455 g/mol. The summed E-state index contributed by atoms with van der Waals surface area (Å²) in [4.78, 5) is 25.2. The molecular formula is C24H27FN4O2S. The van der Waals surface area contributed by atoms with E-state index in [1.165, 1.54) is 27.9 Å². The van der Waals surface area contributed by atoms with Gasteiger partial charge in [-0.15, -0.1) is 11.3 Å². The van der Waals surface area contributed by atoms with Gasteiger partial charge in [-0.3, -0.25) is 4.57 Å². The molecular weight excluding hydrogens is 427 g/mol. The van der Waals surface area contributed by atoms with Crippen molar-refractivity contribution in [1.82, 2.24) is 14.5 Å². The molecule has 0 radical (unpaired) electrons. The van der Waals surface area contributed by atoms with Crippen LogP contribution in [0.2, 0.25) is 0 Å². The molecule has 4 rings (SSSR count). The highest BCUT2D eigenvalue weighted by Crippen LogP contribution is 2.30. The molecule has 0 spiro atoms. The zero-order valence-corrected chi connectivity index (χ0v) is 19.5. The Morgan fingerprint density at radius 3 is 2.66 bits per heavy atom. The smallest absolute Gasteiger partial charge is 0.352 e. The fourth-order valence-corrected chi connectivity index (χ4v) is 4.84. The predicted molar refractivity (Wildman–Crippen MR) is 126 cm³/mol. The Kier molecular flexibility index (Phi) is 6.01.